The average Bonchev–Trinajstić information content (AvgIpc) is 3.56. The highest BCUT2D eigenvalue weighted by Crippen LogP contribution is 2.32. The molecule has 0 spiro atoms. The molecule has 0 aliphatic heterocycles. The molecule has 0 saturated heterocycles. The summed E-state index contributed by atoms with van der Waals surface area (Å²) < 4.78 is 123. The molecular weight excluding hydrogens is 612 g/mol. The summed E-state index contributed by atoms with van der Waals surface area (Å²) in [4.78, 5) is 7.85. The summed E-state index contributed by atoms with van der Waals surface area (Å²) >= 11 is 0. The number of rotatable bonds is 4. The summed E-state index contributed by atoms with van der Waals surface area (Å²) in [6.07, 6.45) is -10.5. The summed E-state index contributed by atoms with van der Waals surface area (Å²) in [5.74, 6) is -5.58. The second kappa shape index (κ2) is 11.5. The van der Waals surface area contributed by atoms with Gasteiger partial charge in [-0.05, 0) is 36.4 Å². The molecule has 44 heavy (non-hydrogen) atoms. The average molecular weight is 618 g/mol. The first kappa shape index (κ1) is 30.6. The lowest BCUT2D eigenvalue weighted by atomic mass is 10.1. The number of aromatic nitrogens is 2. The Bertz CT molecular complexity index is 2010. The van der Waals surface area contributed by atoms with Gasteiger partial charge in [0.25, 0.3) is 0 Å². The van der Waals surface area contributed by atoms with E-state index in [-0.39, 0.29) is 11.1 Å². The van der Waals surface area contributed by atoms with Crippen LogP contribution in [0, 0.1) is 67.8 Å². The smallest absolute Gasteiger partial charge is 0.431 e. The maximum atomic E-state index is 14.6. The van der Waals surface area contributed by atoms with Crippen molar-refractivity contribution in [2.75, 3.05) is 0 Å². The Morgan fingerprint density at radius 3 is 1.23 bits per heavy atom. The van der Waals surface area contributed by atoms with E-state index in [1.165, 1.54) is 24.3 Å². The molecule has 4 rings (SSSR count). The topological polar surface area (TPSA) is 166 Å². The third-order valence-corrected chi connectivity index (χ3v) is 5.20. The number of nitrogens with zero attached hydrogens (tertiary/aromatic N) is 6. The Kier molecular flexibility index (Phi) is 7.96. The van der Waals surface area contributed by atoms with Crippen LogP contribution in [0.2, 0.25) is 0 Å². The summed E-state index contributed by atoms with van der Waals surface area (Å²) in [6.45, 7) is 0. The van der Waals surface area contributed by atoms with Crippen LogP contribution >= 0.6 is 0 Å². The van der Waals surface area contributed by atoms with Gasteiger partial charge in [-0.15, -0.1) is 26.3 Å². The molecule has 2 aromatic carbocycles. The van der Waals surface area contributed by atoms with Crippen molar-refractivity contribution in [1.82, 2.24) is 9.97 Å². The normalized spacial score (nSPS) is 11.9. The van der Waals surface area contributed by atoms with Gasteiger partial charge in [0, 0.05) is 11.1 Å². The number of alkyl halides is 6. The standard InChI is InChI=1S/C26H6F8N6O4/c27-15-5-11(1-3-17(15)43-25(29,30)31)19-21(41-23(39-19)13(7-35)8-36)22-20(40-24(42-22)14(9-37)10-38)12-2-4-18(16(28)6-12)44-26(32,33)34/h1-6H/b22-21+. The fraction of sp³-hybridized carbons (Fsp3) is 0.0769. The zero-order chi connectivity index (χ0) is 32.4. The number of halogens is 8. The van der Waals surface area contributed by atoms with E-state index in [2.05, 4.69) is 19.4 Å². The first-order valence-corrected chi connectivity index (χ1v) is 11.2. The minimum atomic E-state index is -5.26. The van der Waals surface area contributed by atoms with E-state index in [4.69, 9.17) is 8.83 Å². The molecule has 2 aromatic heterocycles. The molecule has 0 aliphatic carbocycles. The summed E-state index contributed by atoms with van der Waals surface area (Å²) in [5, 5.41) is 37.1. The van der Waals surface area contributed by atoms with Crippen LogP contribution < -0.4 is 20.6 Å². The van der Waals surface area contributed by atoms with Gasteiger partial charge >= 0.3 is 12.7 Å². The monoisotopic (exact) mass is 618 g/mol. The van der Waals surface area contributed by atoms with E-state index in [0.717, 1.165) is 12.1 Å². The first-order valence-electron chi connectivity index (χ1n) is 11.2. The molecular formula is C26H6F8N6O4. The SMILES string of the molecule is N#CC(C#N)=c1nc(-c2ccc(OC(F)(F)F)c(F)c2)/c(=c2\oc(=C(C#N)C#N)nc2-c2ccc(OC(F)(F)F)c(F)c2)o1. The third-order valence-electron chi connectivity index (χ3n) is 5.20. The van der Waals surface area contributed by atoms with Crippen LogP contribution in [0.5, 0.6) is 11.5 Å². The molecule has 4 aromatic rings. The lowest BCUT2D eigenvalue weighted by Crippen LogP contribution is -2.17. The number of oxazole rings is 2. The van der Waals surface area contributed by atoms with E-state index < -0.39 is 80.3 Å². The highest BCUT2D eigenvalue weighted by atomic mass is 19.4. The van der Waals surface area contributed by atoms with Crippen molar-refractivity contribution in [2.24, 2.45) is 0 Å². The highest BCUT2D eigenvalue weighted by Gasteiger charge is 2.33. The van der Waals surface area contributed by atoms with Crippen LogP contribution in [0.1, 0.15) is 0 Å². The molecule has 18 heteroatoms. The Labute approximate surface area is 237 Å². The maximum Gasteiger partial charge on any atom is 0.573 e. The van der Waals surface area contributed by atoms with E-state index in [9.17, 15) is 56.2 Å². The van der Waals surface area contributed by atoms with Crippen molar-refractivity contribution in [2.45, 2.75) is 12.7 Å². The van der Waals surface area contributed by atoms with Gasteiger partial charge in [-0.2, -0.15) is 21.0 Å². The van der Waals surface area contributed by atoms with Gasteiger partial charge in [0.1, 0.15) is 35.7 Å². The van der Waals surface area contributed by atoms with Gasteiger partial charge in [-0.3, -0.25) is 0 Å². The second-order valence-electron chi connectivity index (χ2n) is 7.98. The molecule has 0 aliphatic rings. The number of hydrogen-bond acceptors (Lipinski definition) is 10. The van der Waals surface area contributed by atoms with Crippen molar-refractivity contribution >= 4 is 11.1 Å². The largest absolute Gasteiger partial charge is 0.573 e. The van der Waals surface area contributed by atoms with Gasteiger partial charge in [-0.25, -0.2) is 18.7 Å². The molecule has 0 bridgehead atoms. The predicted molar refractivity (Wildman–Crippen MR) is 123 cm³/mol. The molecule has 2 heterocycles. The third kappa shape index (κ3) is 6.40. The van der Waals surface area contributed by atoms with Crippen molar-refractivity contribution in [1.29, 1.82) is 21.0 Å². The molecule has 10 nitrogen and oxygen atoms in total. The molecule has 0 unspecified atom stereocenters. The van der Waals surface area contributed by atoms with Crippen LogP contribution in [-0.4, -0.2) is 22.7 Å². The van der Waals surface area contributed by atoms with Crippen LogP contribution in [0.3, 0.4) is 0 Å². The number of hydrogen-bond donors (Lipinski definition) is 0. The van der Waals surface area contributed by atoms with Crippen LogP contribution in [-0.2, 0) is 0 Å². The zero-order valence-electron chi connectivity index (χ0n) is 20.8. The molecule has 0 atom stereocenters. The molecule has 0 amide bonds. The van der Waals surface area contributed by atoms with Crippen molar-refractivity contribution in [3.63, 3.8) is 0 Å². The van der Waals surface area contributed by atoms with Crippen LogP contribution in [0.4, 0.5) is 35.1 Å². The lowest BCUT2D eigenvalue weighted by molar-refractivity contribution is -0.276. The predicted octanol–water partition coefficient (Wildman–Crippen LogP) is 4.75. The Morgan fingerprint density at radius 2 is 0.955 bits per heavy atom. The Hall–Kier alpha value is -6.40. The lowest BCUT2D eigenvalue weighted by Gasteiger charge is -2.10. The fourth-order valence-corrected chi connectivity index (χ4v) is 3.51. The quantitative estimate of drug-likeness (QED) is 0.291. The minimum Gasteiger partial charge on any atom is -0.431 e. The van der Waals surface area contributed by atoms with Gasteiger partial charge in [0.15, 0.2) is 34.3 Å². The van der Waals surface area contributed by atoms with E-state index in [1.807, 2.05) is 0 Å². The summed E-state index contributed by atoms with van der Waals surface area (Å²) in [6, 6.07) is 9.75. The molecule has 0 N–H and O–H groups in total. The molecule has 0 saturated carbocycles. The van der Waals surface area contributed by atoms with Crippen molar-refractivity contribution < 1.29 is 53.4 Å². The zero-order valence-corrected chi connectivity index (χ0v) is 20.8. The summed E-state index contributed by atoms with van der Waals surface area (Å²) in [5.41, 5.74) is -5.92. The minimum absolute atomic E-state index is 0.356. The number of benzene rings is 2. The van der Waals surface area contributed by atoms with E-state index >= 15 is 0 Å². The van der Waals surface area contributed by atoms with E-state index in [1.54, 1.807) is 0 Å². The van der Waals surface area contributed by atoms with Crippen molar-refractivity contribution in [3.8, 4) is 58.3 Å². The maximum absolute atomic E-state index is 14.6. The van der Waals surface area contributed by atoms with E-state index in [0.29, 0.717) is 24.3 Å². The van der Waals surface area contributed by atoms with Gasteiger partial charge in [0.05, 0.1) is 0 Å². The Morgan fingerprint density at radius 1 is 0.614 bits per heavy atom. The fourth-order valence-electron chi connectivity index (χ4n) is 3.51. The summed E-state index contributed by atoms with van der Waals surface area (Å²) in [7, 11) is 0. The first-order chi connectivity index (χ1) is 20.7. The molecule has 0 radical (unpaired) electrons. The highest BCUT2D eigenvalue weighted by molar-refractivity contribution is 5.72. The number of ether oxygens (including phenoxy) is 2. The molecule has 220 valence electrons. The Balaban J connectivity index is 2.16. The van der Waals surface area contributed by atoms with Crippen molar-refractivity contribution in [3.05, 3.63) is 70.0 Å². The van der Waals surface area contributed by atoms with Gasteiger partial charge in [0.2, 0.25) is 21.9 Å². The second-order valence-corrected chi connectivity index (χ2v) is 7.98. The van der Waals surface area contributed by atoms with Crippen LogP contribution in [0.15, 0.2) is 45.2 Å². The van der Waals surface area contributed by atoms with Crippen LogP contribution in [0.25, 0.3) is 33.7 Å². The van der Waals surface area contributed by atoms with Gasteiger partial charge in [-0.1, -0.05) is 0 Å². The molecule has 0 fully saturated rings. The van der Waals surface area contributed by atoms with Gasteiger partial charge < -0.3 is 18.3 Å². The number of nitriles is 4.